The van der Waals surface area contributed by atoms with Crippen molar-refractivity contribution in [2.24, 2.45) is 10.1 Å². The van der Waals surface area contributed by atoms with E-state index >= 15 is 0 Å². The van der Waals surface area contributed by atoms with E-state index in [0.717, 1.165) is 5.56 Å². The molecule has 0 fully saturated rings. The van der Waals surface area contributed by atoms with Crippen molar-refractivity contribution in [3.8, 4) is 5.75 Å². The molecule has 0 saturated carbocycles. The zero-order valence-corrected chi connectivity index (χ0v) is 23.3. The van der Waals surface area contributed by atoms with E-state index in [0.29, 0.717) is 41.2 Å². The Morgan fingerprint density at radius 3 is 2.51 bits per heavy atom. The van der Waals surface area contributed by atoms with Crippen molar-refractivity contribution in [2.45, 2.75) is 31.0 Å². The number of carbonyl (C=O) groups excluding carboxylic acids is 1. The van der Waals surface area contributed by atoms with Crippen molar-refractivity contribution in [3.05, 3.63) is 142 Å². The Balaban J connectivity index is 1.59. The van der Waals surface area contributed by atoms with Crippen LogP contribution in [0.1, 0.15) is 34.8 Å². The van der Waals surface area contributed by atoms with Crippen LogP contribution in [-0.4, -0.2) is 35.7 Å². The van der Waals surface area contributed by atoms with Crippen molar-refractivity contribution < 1.29 is 23.8 Å². The largest absolute Gasteiger partial charge is 0.494 e. The van der Waals surface area contributed by atoms with Crippen LogP contribution in [-0.2, 0) is 22.5 Å². The molecule has 43 heavy (non-hydrogen) atoms. The maximum Gasteiger partial charge on any atom is 0.252 e. The third-order valence-electron chi connectivity index (χ3n) is 7.06. The summed E-state index contributed by atoms with van der Waals surface area (Å²) in [6.07, 6.45) is -0.280. The number of azide groups is 1. The monoisotopic (exact) mass is 579 g/mol. The average Bonchev–Trinajstić information content (AvgIpc) is 3.41. The van der Waals surface area contributed by atoms with Gasteiger partial charge in [-0.2, -0.15) is 0 Å². The number of amides is 1. The molecule has 4 aromatic rings. The number of nitrogens with one attached hydrogen (secondary N) is 1. The molecule has 2 N–H and O–H groups in total. The van der Waals surface area contributed by atoms with Gasteiger partial charge >= 0.3 is 0 Å². The summed E-state index contributed by atoms with van der Waals surface area (Å²) in [5, 5.41) is 15.9. The molecule has 0 unspecified atom stereocenters. The third-order valence-corrected chi connectivity index (χ3v) is 7.06. The van der Waals surface area contributed by atoms with Gasteiger partial charge in [0.2, 0.25) is 5.90 Å². The lowest BCUT2D eigenvalue weighted by Crippen LogP contribution is -2.49. The fourth-order valence-corrected chi connectivity index (χ4v) is 5.00. The number of halogens is 1. The number of rotatable bonds is 12. The van der Waals surface area contributed by atoms with Crippen LogP contribution in [0.3, 0.4) is 0 Å². The molecule has 218 valence electrons. The van der Waals surface area contributed by atoms with Gasteiger partial charge in [-0.15, -0.1) is 0 Å². The van der Waals surface area contributed by atoms with Gasteiger partial charge in [0.1, 0.15) is 11.6 Å². The molecule has 9 nitrogen and oxygen atoms in total. The van der Waals surface area contributed by atoms with Crippen molar-refractivity contribution in [2.75, 3.05) is 13.2 Å². The Morgan fingerprint density at radius 1 is 1.02 bits per heavy atom. The second-order valence-electron chi connectivity index (χ2n) is 10.0. The standard InChI is InChI=1S/C33H30FN5O4/c34-26-11-6-10-24(20-26)22-36-32(41)33(21-23-8-2-1-3-9-23)30(28-12-4-5-13-29(28)38-39-35)43-31(37-33)25-14-16-27(17-15-25)42-19-7-18-40/h1-6,8-17,20,30,40H,7,18-19,21-22H2,(H,36,41)/t30-,33-/m1/s1. The highest BCUT2D eigenvalue weighted by Crippen LogP contribution is 2.45. The summed E-state index contributed by atoms with van der Waals surface area (Å²) < 4.78 is 26.1. The Bertz CT molecular complexity index is 1640. The number of benzene rings is 4. The number of ether oxygens (including phenoxy) is 2. The van der Waals surface area contributed by atoms with E-state index in [9.17, 15) is 14.7 Å². The molecule has 10 heteroatoms. The lowest BCUT2D eigenvalue weighted by molar-refractivity contribution is -0.129. The van der Waals surface area contributed by atoms with Crippen molar-refractivity contribution >= 4 is 17.5 Å². The zero-order valence-electron chi connectivity index (χ0n) is 23.3. The number of aliphatic hydroxyl groups is 1. The quantitative estimate of drug-likeness (QED) is 0.0878. The number of hydrogen-bond acceptors (Lipinski definition) is 6. The van der Waals surface area contributed by atoms with Crippen molar-refractivity contribution in [3.63, 3.8) is 0 Å². The van der Waals surface area contributed by atoms with Gasteiger partial charge < -0.3 is 19.9 Å². The van der Waals surface area contributed by atoms with Crippen LogP contribution in [0.2, 0.25) is 0 Å². The van der Waals surface area contributed by atoms with Crippen LogP contribution < -0.4 is 10.1 Å². The molecule has 1 amide bonds. The molecule has 0 bridgehead atoms. The Morgan fingerprint density at radius 2 is 1.77 bits per heavy atom. The molecule has 0 spiro atoms. The number of aliphatic hydroxyl groups excluding tert-OH is 1. The number of carbonyl (C=O) groups is 1. The highest BCUT2D eigenvalue weighted by molar-refractivity contribution is 6.01. The van der Waals surface area contributed by atoms with Crippen LogP contribution in [0.25, 0.3) is 10.4 Å². The highest BCUT2D eigenvalue weighted by atomic mass is 19.1. The summed E-state index contributed by atoms with van der Waals surface area (Å²) in [5.74, 6) is 0.0180. The van der Waals surface area contributed by atoms with Gasteiger partial charge in [-0.3, -0.25) is 4.79 Å². The van der Waals surface area contributed by atoms with E-state index in [4.69, 9.17) is 19.6 Å². The van der Waals surface area contributed by atoms with E-state index in [1.165, 1.54) is 12.1 Å². The molecule has 0 aliphatic carbocycles. The van der Waals surface area contributed by atoms with Gasteiger partial charge in [0.25, 0.3) is 5.91 Å². The Labute approximate surface area is 248 Å². The van der Waals surface area contributed by atoms with Gasteiger partial charge in [0.05, 0.1) is 6.61 Å². The predicted octanol–water partition coefficient (Wildman–Crippen LogP) is 6.34. The Kier molecular flexibility index (Phi) is 9.31. The lowest BCUT2D eigenvalue weighted by atomic mass is 9.81. The van der Waals surface area contributed by atoms with Crippen LogP contribution in [0.4, 0.5) is 10.1 Å². The second kappa shape index (κ2) is 13.7. The van der Waals surface area contributed by atoms with Crippen LogP contribution >= 0.6 is 0 Å². The molecule has 5 rings (SSSR count). The maximum atomic E-state index is 14.3. The summed E-state index contributed by atoms with van der Waals surface area (Å²) >= 11 is 0. The van der Waals surface area contributed by atoms with Gasteiger partial charge in [0, 0.05) is 47.7 Å². The minimum Gasteiger partial charge on any atom is -0.494 e. The first-order valence-electron chi connectivity index (χ1n) is 13.8. The van der Waals surface area contributed by atoms with E-state index in [1.54, 1.807) is 60.7 Å². The topological polar surface area (TPSA) is 129 Å². The van der Waals surface area contributed by atoms with E-state index in [2.05, 4.69) is 15.3 Å². The summed E-state index contributed by atoms with van der Waals surface area (Å²) in [6, 6.07) is 29.5. The maximum absolute atomic E-state index is 14.3. The molecule has 1 aliphatic rings. The summed E-state index contributed by atoms with van der Waals surface area (Å²) in [6.45, 7) is 0.478. The number of aliphatic imine (C=N–C) groups is 1. The van der Waals surface area contributed by atoms with Crippen molar-refractivity contribution in [1.82, 2.24) is 5.32 Å². The zero-order chi connectivity index (χ0) is 30.1. The predicted molar refractivity (Wildman–Crippen MR) is 160 cm³/mol. The first kappa shape index (κ1) is 29.3. The summed E-state index contributed by atoms with van der Waals surface area (Å²) in [7, 11) is 0. The van der Waals surface area contributed by atoms with Crippen molar-refractivity contribution in [1.29, 1.82) is 0 Å². The molecule has 2 atom stereocenters. The minimum atomic E-state index is -1.51. The van der Waals surface area contributed by atoms with E-state index < -0.39 is 23.4 Å². The number of hydrogen-bond donors (Lipinski definition) is 2. The smallest absolute Gasteiger partial charge is 0.252 e. The molecule has 1 aliphatic heterocycles. The molecule has 1 heterocycles. The summed E-state index contributed by atoms with van der Waals surface area (Å²) in [5.41, 5.74) is 10.6. The van der Waals surface area contributed by atoms with Gasteiger partial charge in [-0.05, 0) is 53.1 Å². The highest BCUT2D eigenvalue weighted by Gasteiger charge is 2.53. The second-order valence-corrected chi connectivity index (χ2v) is 10.0. The van der Waals surface area contributed by atoms with Crippen LogP contribution in [0.15, 0.2) is 113 Å². The third kappa shape index (κ3) is 6.83. The van der Waals surface area contributed by atoms with Gasteiger partial charge in [-0.25, -0.2) is 9.38 Å². The van der Waals surface area contributed by atoms with Crippen LogP contribution in [0, 0.1) is 5.82 Å². The van der Waals surface area contributed by atoms with E-state index in [-0.39, 0.29) is 25.5 Å². The minimum absolute atomic E-state index is 0.0339. The lowest BCUT2D eigenvalue weighted by Gasteiger charge is -2.31. The normalized spacial score (nSPS) is 17.3. The van der Waals surface area contributed by atoms with Gasteiger partial charge in [0.15, 0.2) is 11.6 Å². The van der Waals surface area contributed by atoms with Crippen LogP contribution in [0.5, 0.6) is 5.75 Å². The average molecular weight is 580 g/mol. The van der Waals surface area contributed by atoms with Gasteiger partial charge in [-0.1, -0.05) is 71.8 Å². The SMILES string of the molecule is [N-]=[N+]=Nc1ccccc1[C@H]1OC(c2ccc(OCCCO)cc2)=N[C@@]1(Cc1ccccc1)C(=O)NCc1cccc(F)c1. The fraction of sp³-hybridized carbons (Fsp3) is 0.212. The molecule has 0 aromatic heterocycles. The molecule has 0 saturated heterocycles. The molecule has 4 aromatic carbocycles. The Hall–Kier alpha value is -5.18. The van der Waals surface area contributed by atoms with E-state index in [1.807, 2.05) is 30.3 Å². The molecular weight excluding hydrogens is 549 g/mol. The first-order chi connectivity index (χ1) is 21.0. The summed E-state index contributed by atoms with van der Waals surface area (Å²) in [4.78, 5) is 22.3. The first-order valence-corrected chi connectivity index (χ1v) is 13.8. The fourth-order valence-electron chi connectivity index (χ4n) is 5.00. The molecular formula is C33H30FN5O4. The number of nitrogens with zero attached hydrogens (tertiary/aromatic N) is 4. The molecule has 0 radical (unpaired) electrons.